The van der Waals surface area contributed by atoms with Crippen molar-refractivity contribution < 1.29 is 14.6 Å². The predicted molar refractivity (Wildman–Crippen MR) is 100 cm³/mol. The Hall–Kier alpha value is -2.04. The van der Waals surface area contributed by atoms with Crippen LogP contribution in [0.5, 0.6) is 5.75 Å². The van der Waals surface area contributed by atoms with Crippen LogP contribution < -0.4 is 10.1 Å². The van der Waals surface area contributed by atoms with Crippen LogP contribution >= 0.6 is 11.6 Å². The zero-order valence-electron chi connectivity index (χ0n) is 14.4. The quantitative estimate of drug-likeness (QED) is 0.646. The molecule has 0 aliphatic carbocycles. The van der Waals surface area contributed by atoms with E-state index in [1.165, 1.54) is 0 Å². The van der Waals surface area contributed by atoms with E-state index >= 15 is 0 Å². The molecule has 0 spiro atoms. The number of ether oxygens (including phenoxy) is 1. The Morgan fingerprint density at radius 2 is 2.04 bits per heavy atom. The minimum absolute atomic E-state index is 0.394. The zero-order chi connectivity index (χ0) is 18.1. The fraction of sp³-hybridized carbons (Fsp3) is 0.350. The highest BCUT2D eigenvalue weighted by Crippen LogP contribution is 2.19. The van der Waals surface area contributed by atoms with E-state index < -0.39 is 12.0 Å². The first-order valence-corrected chi connectivity index (χ1v) is 8.89. The van der Waals surface area contributed by atoms with E-state index in [1.54, 1.807) is 0 Å². The van der Waals surface area contributed by atoms with Gasteiger partial charge in [0.2, 0.25) is 0 Å². The molecule has 2 aromatic rings. The molecule has 0 aromatic heterocycles. The van der Waals surface area contributed by atoms with Gasteiger partial charge in [0.1, 0.15) is 18.4 Å². The normalized spacial score (nSPS) is 11.9. The Morgan fingerprint density at radius 1 is 1.24 bits per heavy atom. The molecule has 25 heavy (non-hydrogen) atoms. The molecule has 4 nitrogen and oxygen atoms in total. The van der Waals surface area contributed by atoms with Gasteiger partial charge in [-0.15, -0.1) is 0 Å². The second-order valence-electron chi connectivity index (χ2n) is 5.94. The van der Waals surface area contributed by atoms with Crippen LogP contribution in [-0.2, 0) is 17.9 Å². The molecule has 0 aliphatic rings. The lowest BCUT2D eigenvalue weighted by atomic mass is 10.1. The molecule has 2 N–H and O–H groups in total. The number of carboxylic acids is 1. The van der Waals surface area contributed by atoms with Crippen molar-refractivity contribution in [3.8, 4) is 5.75 Å². The first kappa shape index (κ1) is 19.3. The molecule has 0 saturated heterocycles. The Morgan fingerprint density at radius 3 is 2.76 bits per heavy atom. The van der Waals surface area contributed by atoms with E-state index in [0.717, 1.165) is 29.7 Å². The first-order chi connectivity index (χ1) is 12.1. The zero-order valence-corrected chi connectivity index (χ0v) is 15.1. The summed E-state index contributed by atoms with van der Waals surface area (Å²) in [4.78, 5) is 11.3. The first-order valence-electron chi connectivity index (χ1n) is 8.51. The van der Waals surface area contributed by atoms with E-state index in [-0.39, 0.29) is 0 Å². The van der Waals surface area contributed by atoms with E-state index in [9.17, 15) is 9.90 Å². The smallest absolute Gasteiger partial charge is 0.320 e. The average Bonchev–Trinajstić information content (AvgIpc) is 2.61. The van der Waals surface area contributed by atoms with Crippen LogP contribution in [0.4, 0.5) is 0 Å². The van der Waals surface area contributed by atoms with Gasteiger partial charge in [0, 0.05) is 17.1 Å². The summed E-state index contributed by atoms with van der Waals surface area (Å²) in [7, 11) is 0. The summed E-state index contributed by atoms with van der Waals surface area (Å²) < 4.78 is 5.80. The second-order valence-corrected chi connectivity index (χ2v) is 6.35. The molecule has 0 bridgehead atoms. The maximum absolute atomic E-state index is 11.3. The van der Waals surface area contributed by atoms with Gasteiger partial charge in [-0.25, -0.2) is 0 Å². The molecule has 0 saturated carbocycles. The minimum Gasteiger partial charge on any atom is -0.489 e. The van der Waals surface area contributed by atoms with Gasteiger partial charge in [0.05, 0.1) is 0 Å². The van der Waals surface area contributed by atoms with Crippen LogP contribution in [-0.4, -0.2) is 17.1 Å². The lowest BCUT2D eigenvalue weighted by molar-refractivity contribution is -0.139. The highest BCUT2D eigenvalue weighted by Gasteiger charge is 2.15. The summed E-state index contributed by atoms with van der Waals surface area (Å²) in [6, 6.07) is 14.7. The molecule has 0 heterocycles. The van der Waals surface area contributed by atoms with Gasteiger partial charge >= 0.3 is 5.97 Å². The Labute approximate surface area is 153 Å². The highest BCUT2D eigenvalue weighted by molar-refractivity contribution is 6.31. The minimum atomic E-state index is -0.806. The lowest BCUT2D eigenvalue weighted by Gasteiger charge is -2.14. The molecular weight excluding hydrogens is 338 g/mol. The summed E-state index contributed by atoms with van der Waals surface area (Å²) in [5.74, 6) is -0.0702. The number of unbranched alkanes of at least 4 members (excludes halogenated alkanes) is 1. The molecule has 0 aliphatic heterocycles. The van der Waals surface area contributed by atoms with E-state index in [0.29, 0.717) is 24.6 Å². The standard InChI is InChI=1S/C20H24ClNO3/c1-2-3-11-19(20(23)24)22-13-15-7-6-9-17(12-15)25-14-16-8-4-5-10-18(16)21/h4-10,12,19,22H,2-3,11,13-14H2,1H3,(H,23,24). The van der Waals surface area contributed by atoms with Crippen molar-refractivity contribution in [2.45, 2.75) is 45.4 Å². The summed E-state index contributed by atoms with van der Waals surface area (Å²) >= 11 is 6.13. The summed E-state index contributed by atoms with van der Waals surface area (Å²) in [6.07, 6.45) is 2.51. The predicted octanol–water partition coefficient (Wildman–Crippen LogP) is 4.65. The van der Waals surface area contributed by atoms with Crippen molar-refractivity contribution in [1.29, 1.82) is 0 Å². The Bertz CT molecular complexity index is 690. The number of hydrogen-bond donors (Lipinski definition) is 2. The van der Waals surface area contributed by atoms with Gasteiger partial charge in [-0.2, -0.15) is 0 Å². The van der Waals surface area contributed by atoms with Gasteiger partial charge in [0.15, 0.2) is 0 Å². The monoisotopic (exact) mass is 361 g/mol. The van der Waals surface area contributed by atoms with Crippen molar-refractivity contribution in [2.75, 3.05) is 0 Å². The van der Waals surface area contributed by atoms with Gasteiger partial charge in [-0.1, -0.05) is 61.7 Å². The lowest BCUT2D eigenvalue weighted by Crippen LogP contribution is -2.36. The van der Waals surface area contributed by atoms with Crippen molar-refractivity contribution in [3.63, 3.8) is 0 Å². The number of hydrogen-bond acceptors (Lipinski definition) is 3. The van der Waals surface area contributed by atoms with Crippen LogP contribution in [0.15, 0.2) is 48.5 Å². The van der Waals surface area contributed by atoms with Crippen molar-refractivity contribution in [3.05, 3.63) is 64.7 Å². The van der Waals surface area contributed by atoms with E-state index in [2.05, 4.69) is 12.2 Å². The molecule has 1 atom stereocenters. The van der Waals surface area contributed by atoms with E-state index in [4.69, 9.17) is 16.3 Å². The Balaban J connectivity index is 1.92. The second kappa shape index (κ2) is 10.1. The molecule has 134 valence electrons. The van der Waals surface area contributed by atoms with Gasteiger partial charge in [0.25, 0.3) is 0 Å². The molecule has 0 fully saturated rings. The van der Waals surface area contributed by atoms with Crippen molar-refractivity contribution >= 4 is 17.6 Å². The van der Waals surface area contributed by atoms with Crippen molar-refractivity contribution in [2.24, 2.45) is 0 Å². The number of benzene rings is 2. The maximum Gasteiger partial charge on any atom is 0.320 e. The molecular formula is C20H24ClNO3. The number of halogens is 1. The largest absolute Gasteiger partial charge is 0.489 e. The molecule has 0 radical (unpaired) electrons. The molecule has 2 aromatic carbocycles. The number of nitrogens with one attached hydrogen (secondary N) is 1. The number of rotatable bonds is 10. The number of aliphatic carboxylic acids is 1. The fourth-order valence-electron chi connectivity index (χ4n) is 2.48. The van der Waals surface area contributed by atoms with Gasteiger partial charge in [-0.05, 0) is 30.2 Å². The Kier molecular flexibility index (Phi) is 7.76. The van der Waals surface area contributed by atoms with Gasteiger partial charge in [-0.3, -0.25) is 4.79 Å². The SMILES string of the molecule is CCCCC(NCc1cccc(OCc2ccccc2Cl)c1)C(=O)O. The summed E-state index contributed by atoms with van der Waals surface area (Å²) in [5, 5.41) is 13.1. The van der Waals surface area contributed by atoms with Crippen LogP contribution in [0.2, 0.25) is 5.02 Å². The number of carbonyl (C=O) groups is 1. The highest BCUT2D eigenvalue weighted by atomic mass is 35.5. The molecule has 1 unspecified atom stereocenters. The van der Waals surface area contributed by atoms with Crippen LogP contribution in [0.1, 0.15) is 37.3 Å². The van der Waals surface area contributed by atoms with Crippen LogP contribution in [0, 0.1) is 0 Å². The third-order valence-electron chi connectivity index (χ3n) is 3.95. The average molecular weight is 362 g/mol. The van der Waals surface area contributed by atoms with Crippen LogP contribution in [0.3, 0.4) is 0 Å². The van der Waals surface area contributed by atoms with Gasteiger partial charge < -0.3 is 15.2 Å². The van der Waals surface area contributed by atoms with Crippen molar-refractivity contribution in [1.82, 2.24) is 5.32 Å². The number of carboxylic acid groups (broad SMARTS) is 1. The topological polar surface area (TPSA) is 58.6 Å². The fourth-order valence-corrected chi connectivity index (χ4v) is 2.67. The van der Waals surface area contributed by atoms with Crippen LogP contribution in [0.25, 0.3) is 0 Å². The summed E-state index contributed by atoms with van der Waals surface area (Å²) in [5.41, 5.74) is 1.91. The summed E-state index contributed by atoms with van der Waals surface area (Å²) in [6.45, 7) is 2.94. The molecule has 5 heteroatoms. The van der Waals surface area contributed by atoms with E-state index in [1.807, 2.05) is 48.5 Å². The molecule has 2 rings (SSSR count). The maximum atomic E-state index is 11.3. The third-order valence-corrected chi connectivity index (χ3v) is 4.32. The third kappa shape index (κ3) is 6.40. The molecule has 0 amide bonds.